The molecule has 2 nitrogen and oxygen atoms in total. The topological polar surface area (TPSA) is 37.3 Å². The molecule has 1 N–H and O–H groups in total. The van der Waals surface area contributed by atoms with Crippen LogP contribution >= 0.6 is 0 Å². The third-order valence-corrected chi connectivity index (χ3v) is 2.65. The number of carboxylic acid groups (broad SMARTS) is 1. The molecule has 0 saturated heterocycles. The van der Waals surface area contributed by atoms with Crippen molar-refractivity contribution in [2.24, 2.45) is 0 Å². The highest BCUT2D eigenvalue weighted by Gasteiger charge is 2.08. The molecule has 0 fully saturated rings. The van der Waals surface area contributed by atoms with Crippen LogP contribution in [0.25, 0.3) is 6.08 Å². The molecule has 0 aromatic heterocycles. The molecule has 0 aliphatic carbocycles. The van der Waals surface area contributed by atoms with E-state index in [-0.39, 0.29) is 0 Å². The maximum absolute atomic E-state index is 11.2. The Hall–Kier alpha value is -2.35. The van der Waals surface area contributed by atoms with Crippen LogP contribution in [0.5, 0.6) is 0 Å². The molecule has 0 bridgehead atoms. The van der Waals surface area contributed by atoms with Crippen molar-refractivity contribution < 1.29 is 9.90 Å². The van der Waals surface area contributed by atoms with Gasteiger partial charge in [0.15, 0.2) is 0 Å². The fraction of sp³-hybridized carbons (Fsp3) is 0.0625. The summed E-state index contributed by atoms with van der Waals surface area (Å²) in [5.41, 5.74) is 2.31. The highest BCUT2D eigenvalue weighted by Crippen LogP contribution is 2.12. The molecule has 2 aromatic carbocycles. The monoisotopic (exact) mass is 238 g/mol. The van der Waals surface area contributed by atoms with Crippen LogP contribution in [0.15, 0.2) is 66.2 Å². The molecule has 0 unspecified atom stereocenters. The van der Waals surface area contributed by atoms with Crippen molar-refractivity contribution in [3.05, 3.63) is 77.4 Å². The smallest absolute Gasteiger partial charge is 0.331 e. The molecule has 0 spiro atoms. The van der Waals surface area contributed by atoms with Gasteiger partial charge in [0.1, 0.15) is 0 Å². The summed E-state index contributed by atoms with van der Waals surface area (Å²) >= 11 is 0. The van der Waals surface area contributed by atoms with Crippen molar-refractivity contribution in [2.45, 2.75) is 6.42 Å². The molecule has 0 atom stereocenters. The van der Waals surface area contributed by atoms with Gasteiger partial charge >= 0.3 is 5.97 Å². The summed E-state index contributed by atoms with van der Waals surface area (Å²) in [5, 5.41) is 9.23. The van der Waals surface area contributed by atoms with E-state index in [2.05, 4.69) is 0 Å². The maximum Gasteiger partial charge on any atom is 0.331 e. The number of carboxylic acids is 1. The lowest BCUT2D eigenvalue weighted by Gasteiger charge is -2.03. The van der Waals surface area contributed by atoms with Crippen LogP contribution in [0.3, 0.4) is 0 Å². The summed E-state index contributed by atoms with van der Waals surface area (Å²) < 4.78 is 0. The summed E-state index contributed by atoms with van der Waals surface area (Å²) in [6.07, 6.45) is 2.15. The van der Waals surface area contributed by atoms with Gasteiger partial charge in [-0.3, -0.25) is 0 Å². The summed E-state index contributed by atoms with van der Waals surface area (Å²) in [6.45, 7) is 0. The third-order valence-electron chi connectivity index (χ3n) is 2.65. The molecule has 0 radical (unpaired) electrons. The van der Waals surface area contributed by atoms with Gasteiger partial charge in [0.2, 0.25) is 0 Å². The highest BCUT2D eigenvalue weighted by atomic mass is 16.4. The SMILES string of the molecule is O=C(O)/C(=C/c1ccccc1)Cc1ccccc1. The standard InChI is InChI=1S/C16H14O2/c17-16(18)15(11-13-7-3-1-4-8-13)12-14-9-5-2-6-10-14/h1-11H,12H2,(H,17,18)/b15-11+. The fourth-order valence-corrected chi connectivity index (χ4v) is 1.75. The van der Waals surface area contributed by atoms with Gasteiger partial charge in [0.25, 0.3) is 0 Å². The van der Waals surface area contributed by atoms with Gasteiger partial charge in [-0.1, -0.05) is 60.7 Å². The van der Waals surface area contributed by atoms with Crippen LogP contribution in [-0.4, -0.2) is 11.1 Å². The van der Waals surface area contributed by atoms with Crippen molar-refractivity contribution >= 4 is 12.0 Å². The van der Waals surface area contributed by atoms with Crippen molar-refractivity contribution in [2.75, 3.05) is 0 Å². The van der Waals surface area contributed by atoms with Crippen LogP contribution in [-0.2, 0) is 11.2 Å². The van der Waals surface area contributed by atoms with Crippen molar-refractivity contribution in [1.29, 1.82) is 0 Å². The van der Waals surface area contributed by atoms with E-state index in [1.807, 2.05) is 60.7 Å². The summed E-state index contributed by atoms with van der Waals surface area (Å²) in [6, 6.07) is 19.1. The van der Waals surface area contributed by atoms with Gasteiger partial charge in [-0.25, -0.2) is 4.79 Å². The van der Waals surface area contributed by atoms with Gasteiger partial charge < -0.3 is 5.11 Å². The minimum absolute atomic E-state index is 0.396. The van der Waals surface area contributed by atoms with E-state index in [1.54, 1.807) is 6.08 Å². The normalized spacial score (nSPS) is 11.2. The Kier molecular flexibility index (Phi) is 3.92. The minimum Gasteiger partial charge on any atom is -0.478 e. The highest BCUT2D eigenvalue weighted by molar-refractivity contribution is 5.92. The van der Waals surface area contributed by atoms with E-state index < -0.39 is 5.97 Å². The average molecular weight is 238 g/mol. The third kappa shape index (κ3) is 3.32. The molecule has 0 aliphatic rings. The van der Waals surface area contributed by atoms with E-state index in [4.69, 9.17) is 0 Å². The van der Waals surface area contributed by atoms with Gasteiger partial charge in [-0.2, -0.15) is 0 Å². The maximum atomic E-state index is 11.2. The lowest BCUT2D eigenvalue weighted by Crippen LogP contribution is -2.03. The number of rotatable bonds is 4. The van der Waals surface area contributed by atoms with E-state index in [0.29, 0.717) is 12.0 Å². The molecule has 90 valence electrons. The van der Waals surface area contributed by atoms with Gasteiger partial charge in [0, 0.05) is 12.0 Å². The van der Waals surface area contributed by atoms with E-state index in [1.165, 1.54) is 0 Å². The number of hydrogen-bond acceptors (Lipinski definition) is 1. The van der Waals surface area contributed by atoms with Crippen molar-refractivity contribution in [3.8, 4) is 0 Å². The molecule has 0 heterocycles. The number of carbonyl (C=O) groups is 1. The van der Waals surface area contributed by atoms with Crippen LogP contribution < -0.4 is 0 Å². The predicted molar refractivity (Wildman–Crippen MR) is 72.2 cm³/mol. The lowest BCUT2D eigenvalue weighted by atomic mass is 10.0. The quantitative estimate of drug-likeness (QED) is 0.829. The van der Waals surface area contributed by atoms with Gasteiger partial charge in [-0.15, -0.1) is 0 Å². The number of benzene rings is 2. The van der Waals surface area contributed by atoms with Crippen LogP contribution in [0.4, 0.5) is 0 Å². The van der Waals surface area contributed by atoms with Gasteiger partial charge in [0.05, 0.1) is 0 Å². The molecule has 18 heavy (non-hydrogen) atoms. The second-order valence-electron chi connectivity index (χ2n) is 4.05. The summed E-state index contributed by atoms with van der Waals surface area (Å²) in [4.78, 5) is 11.2. The first kappa shape index (κ1) is 12.1. The predicted octanol–water partition coefficient (Wildman–Crippen LogP) is 3.40. The zero-order valence-corrected chi connectivity index (χ0v) is 9.91. The Morgan fingerprint density at radius 3 is 2.06 bits per heavy atom. The largest absolute Gasteiger partial charge is 0.478 e. The molecule has 2 heteroatoms. The molecule has 2 aromatic rings. The molecule has 0 aliphatic heterocycles. The zero-order chi connectivity index (χ0) is 12.8. The molecular weight excluding hydrogens is 224 g/mol. The van der Waals surface area contributed by atoms with Gasteiger partial charge in [-0.05, 0) is 17.2 Å². The van der Waals surface area contributed by atoms with Crippen molar-refractivity contribution in [3.63, 3.8) is 0 Å². The molecule has 0 saturated carbocycles. The summed E-state index contributed by atoms with van der Waals surface area (Å²) in [7, 11) is 0. The van der Waals surface area contributed by atoms with Crippen LogP contribution in [0.1, 0.15) is 11.1 Å². The first-order valence-electron chi connectivity index (χ1n) is 5.78. The number of hydrogen-bond donors (Lipinski definition) is 1. The molecule has 0 amide bonds. The first-order chi connectivity index (χ1) is 8.75. The van der Waals surface area contributed by atoms with Crippen LogP contribution in [0, 0.1) is 0 Å². The average Bonchev–Trinajstić information content (AvgIpc) is 2.40. The lowest BCUT2D eigenvalue weighted by molar-refractivity contribution is -0.132. The Labute approximate surface area is 106 Å². The Balaban J connectivity index is 2.25. The second kappa shape index (κ2) is 5.82. The Morgan fingerprint density at radius 1 is 0.944 bits per heavy atom. The zero-order valence-electron chi connectivity index (χ0n) is 9.91. The number of aliphatic carboxylic acids is 1. The molecular formula is C16H14O2. The van der Waals surface area contributed by atoms with E-state index >= 15 is 0 Å². The molecule has 2 rings (SSSR count). The minimum atomic E-state index is -0.872. The Morgan fingerprint density at radius 2 is 1.50 bits per heavy atom. The first-order valence-corrected chi connectivity index (χ1v) is 5.78. The Bertz CT molecular complexity index is 542. The van der Waals surface area contributed by atoms with Crippen molar-refractivity contribution in [1.82, 2.24) is 0 Å². The van der Waals surface area contributed by atoms with E-state index in [9.17, 15) is 9.90 Å². The second-order valence-corrected chi connectivity index (χ2v) is 4.05. The summed E-state index contributed by atoms with van der Waals surface area (Å²) in [5.74, 6) is -0.872. The van der Waals surface area contributed by atoms with E-state index in [0.717, 1.165) is 11.1 Å². The fourth-order valence-electron chi connectivity index (χ4n) is 1.75. The van der Waals surface area contributed by atoms with Crippen LogP contribution in [0.2, 0.25) is 0 Å².